The monoisotopic (exact) mass is 304 g/mol. The first kappa shape index (κ1) is 17.5. The van der Waals surface area contributed by atoms with Gasteiger partial charge in [-0.05, 0) is 24.3 Å². The molecule has 0 radical (unpaired) electrons. The molecule has 0 aliphatic rings. The molecule has 2 rings (SSSR count). The molecular formula is C16H20N2O4. The number of ether oxygens (including phenoxy) is 2. The van der Waals surface area contributed by atoms with Crippen LogP contribution in [-0.4, -0.2) is 30.5 Å². The highest BCUT2D eigenvalue weighted by Gasteiger charge is 2.21. The first-order chi connectivity index (χ1) is 10.7. The molecule has 0 saturated carbocycles. The lowest BCUT2D eigenvalue weighted by molar-refractivity contribution is -0.158. The molecule has 0 aliphatic carbocycles. The van der Waals surface area contributed by atoms with Gasteiger partial charge in [-0.1, -0.05) is 36.4 Å². The fourth-order valence-electron chi connectivity index (χ4n) is 1.37. The van der Waals surface area contributed by atoms with Gasteiger partial charge >= 0.3 is 12.3 Å². The molecule has 6 heteroatoms. The third-order valence-electron chi connectivity index (χ3n) is 2.34. The fourth-order valence-corrected chi connectivity index (χ4v) is 1.37. The van der Waals surface area contributed by atoms with Crippen LogP contribution in [0.2, 0.25) is 0 Å². The Morgan fingerprint density at radius 1 is 0.864 bits per heavy atom. The van der Waals surface area contributed by atoms with Crippen LogP contribution in [0.25, 0.3) is 0 Å². The predicted molar refractivity (Wildman–Crippen MR) is 83.7 cm³/mol. The second kappa shape index (κ2) is 10.2. The van der Waals surface area contributed by atoms with Crippen LogP contribution in [0.5, 0.6) is 11.5 Å². The second-order valence-corrected chi connectivity index (χ2v) is 4.11. The standard InChI is InChI=1S/C14H12O4.C2H8N2/c15-13(16)14(17-11-7-3-1-4-8-11)18-12-9-5-2-6-10-12;3-1-2-4/h1-10,14H,(H,15,16);1-4H2. The Kier molecular flexibility index (Phi) is 8.10. The van der Waals surface area contributed by atoms with E-state index in [2.05, 4.69) is 0 Å². The third-order valence-corrected chi connectivity index (χ3v) is 2.34. The van der Waals surface area contributed by atoms with Crippen LogP contribution in [0.3, 0.4) is 0 Å². The van der Waals surface area contributed by atoms with E-state index in [9.17, 15) is 4.79 Å². The van der Waals surface area contributed by atoms with Crippen LogP contribution in [0.15, 0.2) is 60.7 Å². The summed E-state index contributed by atoms with van der Waals surface area (Å²) >= 11 is 0. The predicted octanol–water partition coefficient (Wildman–Crippen LogP) is 1.46. The zero-order valence-corrected chi connectivity index (χ0v) is 12.1. The van der Waals surface area contributed by atoms with E-state index in [1.54, 1.807) is 48.5 Å². The topological polar surface area (TPSA) is 108 Å². The van der Waals surface area contributed by atoms with Gasteiger partial charge in [-0.3, -0.25) is 0 Å². The van der Waals surface area contributed by atoms with Crippen molar-refractivity contribution < 1.29 is 19.4 Å². The van der Waals surface area contributed by atoms with Crippen LogP contribution in [0.4, 0.5) is 0 Å². The number of benzene rings is 2. The number of nitrogens with two attached hydrogens (primary N) is 2. The number of rotatable bonds is 6. The summed E-state index contributed by atoms with van der Waals surface area (Å²) in [6.07, 6.45) is -1.37. The smallest absolute Gasteiger partial charge is 0.387 e. The van der Waals surface area contributed by atoms with Gasteiger partial charge in [0.2, 0.25) is 0 Å². The van der Waals surface area contributed by atoms with Gasteiger partial charge in [-0.25, -0.2) is 4.79 Å². The Hall–Kier alpha value is -2.57. The van der Waals surface area contributed by atoms with Crippen molar-refractivity contribution in [2.75, 3.05) is 13.1 Å². The third kappa shape index (κ3) is 6.74. The van der Waals surface area contributed by atoms with Crippen LogP contribution >= 0.6 is 0 Å². The van der Waals surface area contributed by atoms with Gasteiger partial charge in [0, 0.05) is 13.1 Å². The molecule has 0 unspecified atom stereocenters. The molecule has 0 bridgehead atoms. The van der Waals surface area contributed by atoms with Crippen molar-refractivity contribution in [3.8, 4) is 11.5 Å². The van der Waals surface area contributed by atoms with Crippen molar-refractivity contribution in [1.29, 1.82) is 0 Å². The molecule has 118 valence electrons. The van der Waals surface area contributed by atoms with Crippen molar-refractivity contribution in [2.45, 2.75) is 6.29 Å². The maximum Gasteiger partial charge on any atom is 0.387 e. The molecule has 0 amide bonds. The van der Waals surface area contributed by atoms with E-state index < -0.39 is 12.3 Å². The molecule has 0 aromatic heterocycles. The Balaban J connectivity index is 0.000000541. The summed E-state index contributed by atoms with van der Waals surface area (Å²) in [4.78, 5) is 11.1. The molecule has 0 aliphatic heterocycles. The van der Waals surface area contributed by atoms with Crippen molar-refractivity contribution in [2.24, 2.45) is 11.5 Å². The van der Waals surface area contributed by atoms with E-state index >= 15 is 0 Å². The average Bonchev–Trinajstić information content (AvgIpc) is 2.56. The van der Waals surface area contributed by atoms with E-state index in [0.717, 1.165) is 0 Å². The van der Waals surface area contributed by atoms with E-state index in [4.69, 9.17) is 26.0 Å². The fraction of sp³-hybridized carbons (Fsp3) is 0.188. The highest BCUT2D eigenvalue weighted by Crippen LogP contribution is 2.15. The quantitative estimate of drug-likeness (QED) is 0.697. The maximum absolute atomic E-state index is 11.1. The Labute approximate surface area is 129 Å². The number of para-hydroxylation sites is 2. The largest absolute Gasteiger partial charge is 0.476 e. The lowest BCUT2D eigenvalue weighted by Crippen LogP contribution is -2.33. The van der Waals surface area contributed by atoms with Gasteiger partial charge in [0.05, 0.1) is 0 Å². The Morgan fingerprint density at radius 2 is 1.23 bits per heavy atom. The summed E-state index contributed by atoms with van der Waals surface area (Å²) in [6, 6.07) is 17.4. The van der Waals surface area contributed by atoms with E-state index in [0.29, 0.717) is 24.6 Å². The highest BCUT2D eigenvalue weighted by molar-refractivity contribution is 5.71. The van der Waals surface area contributed by atoms with E-state index in [1.165, 1.54) is 0 Å². The van der Waals surface area contributed by atoms with Gasteiger partial charge in [0.15, 0.2) is 0 Å². The number of carbonyl (C=O) groups is 1. The van der Waals surface area contributed by atoms with Crippen LogP contribution in [0.1, 0.15) is 0 Å². The van der Waals surface area contributed by atoms with Crippen LogP contribution in [-0.2, 0) is 4.79 Å². The second-order valence-electron chi connectivity index (χ2n) is 4.11. The minimum atomic E-state index is -1.37. The average molecular weight is 304 g/mol. The number of carboxylic acid groups (broad SMARTS) is 1. The number of aliphatic carboxylic acids is 1. The highest BCUT2D eigenvalue weighted by atomic mass is 16.7. The summed E-state index contributed by atoms with van der Waals surface area (Å²) in [5.74, 6) is -0.288. The summed E-state index contributed by atoms with van der Waals surface area (Å²) in [7, 11) is 0. The number of hydrogen-bond donors (Lipinski definition) is 3. The lowest BCUT2D eigenvalue weighted by Gasteiger charge is -2.16. The maximum atomic E-state index is 11.1. The molecule has 5 N–H and O–H groups in total. The van der Waals surface area contributed by atoms with Crippen LogP contribution < -0.4 is 20.9 Å². The Bertz CT molecular complexity index is 491. The lowest BCUT2D eigenvalue weighted by atomic mass is 10.3. The van der Waals surface area contributed by atoms with Crippen molar-refractivity contribution in [1.82, 2.24) is 0 Å². The molecule has 0 fully saturated rings. The molecule has 0 heterocycles. The van der Waals surface area contributed by atoms with E-state index in [-0.39, 0.29) is 0 Å². The normalized spacial score (nSPS) is 9.59. The molecular weight excluding hydrogens is 284 g/mol. The zero-order chi connectivity index (χ0) is 16.2. The summed E-state index contributed by atoms with van der Waals surface area (Å²) in [5, 5.41) is 9.05. The molecule has 0 saturated heterocycles. The van der Waals surface area contributed by atoms with Gasteiger partial charge in [-0.2, -0.15) is 0 Å². The van der Waals surface area contributed by atoms with Crippen molar-refractivity contribution in [3.63, 3.8) is 0 Å². The minimum Gasteiger partial charge on any atom is -0.476 e. The minimum absolute atomic E-state index is 0.445. The SMILES string of the molecule is NCCN.O=C(O)C(Oc1ccccc1)Oc1ccccc1. The first-order valence-corrected chi connectivity index (χ1v) is 6.73. The van der Waals surface area contributed by atoms with Gasteiger partial charge in [0.1, 0.15) is 11.5 Å². The molecule has 0 atom stereocenters. The van der Waals surface area contributed by atoms with Crippen molar-refractivity contribution >= 4 is 5.97 Å². The van der Waals surface area contributed by atoms with E-state index in [1.807, 2.05) is 12.1 Å². The Morgan fingerprint density at radius 3 is 1.50 bits per heavy atom. The van der Waals surface area contributed by atoms with Gasteiger partial charge in [0.25, 0.3) is 0 Å². The first-order valence-electron chi connectivity index (χ1n) is 6.73. The molecule has 0 spiro atoms. The van der Waals surface area contributed by atoms with Crippen molar-refractivity contribution in [3.05, 3.63) is 60.7 Å². The summed E-state index contributed by atoms with van der Waals surface area (Å²) in [6.45, 7) is 1.19. The zero-order valence-electron chi connectivity index (χ0n) is 12.1. The van der Waals surface area contributed by atoms with Crippen LogP contribution in [0, 0.1) is 0 Å². The molecule has 2 aromatic carbocycles. The summed E-state index contributed by atoms with van der Waals surface area (Å²) in [5.41, 5.74) is 9.81. The molecule has 2 aromatic rings. The number of carboxylic acids is 1. The van der Waals surface area contributed by atoms with Gasteiger partial charge in [-0.15, -0.1) is 0 Å². The molecule has 22 heavy (non-hydrogen) atoms. The number of hydrogen-bond acceptors (Lipinski definition) is 5. The molecule has 6 nitrogen and oxygen atoms in total. The van der Waals surface area contributed by atoms with Gasteiger partial charge < -0.3 is 26.0 Å². The summed E-state index contributed by atoms with van der Waals surface area (Å²) < 4.78 is 10.5.